The number of nitrogens with zero attached hydrogens (tertiary/aromatic N) is 2. The Labute approximate surface area is 191 Å². The molecule has 1 N–H and O–H groups in total. The lowest BCUT2D eigenvalue weighted by Crippen LogP contribution is -2.32. The van der Waals surface area contributed by atoms with Gasteiger partial charge in [-0.15, -0.1) is 0 Å². The van der Waals surface area contributed by atoms with Crippen LogP contribution in [0.4, 0.5) is 0 Å². The number of benzene rings is 2. The molecule has 1 amide bonds. The van der Waals surface area contributed by atoms with Crippen molar-refractivity contribution in [2.24, 2.45) is 0 Å². The smallest absolute Gasteiger partial charge is 0.295 e. The molecule has 3 rings (SSSR count). The molecule has 1 heterocycles. The van der Waals surface area contributed by atoms with E-state index in [1.807, 2.05) is 19.0 Å². The standard InChI is InChI=1S/C23H24Cl2N2O4/c1-26(2)11-4-12-27-20(15-7-10-17(24)18(25)13-15)19(22(29)23(27)30)21(28)14-5-8-16(31-3)9-6-14/h5-10,13,20,28H,4,11-12H2,1-3H3/b21-19-. The Bertz CT molecular complexity index is 1020. The molecule has 1 aliphatic rings. The van der Waals surface area contributed by atoms with Gasteiger partial charge >= 0.3 is 0 Å². The van der Waals surface area contributed by atoms with Gasteiger partial charge in [0.15, 0.2) is 0 Å². The molecule has 1 atom stereocenters. The van der Waals surface area contributed by atoms with Crippen molar-refractivity contribution in [3.8, 4) is 5.75 Å². The third-order valence-electron chi connectivity index (χ3n) is 5.17. The van der Waals surface area contributed by atoms with Crippen molar-refractivity contribution in [3.05, 3.63) is 69.2 Å². The molecule has 0 aromatic heterocycles. The van der Waals surface area contributed by atoms with Crippen LogP contribution in [0.5, 0.6) is 5.75 Å². The Balaban J connectivity index is 2.10. The number of Topliss-reactive ketones (excluding diaryl/α,β-unsaturated/α-hetero) is 1. The number of hydrogen-bond donors (Lipinski definition) is 1. The quantitative estimate of drug-likeness (QED) is 0.375. The highest BCUT2D eigenvalue weighted by atomic mass is 35.5. The molecule has 0 aliphatic carbocycles. The van der Waals surface area contributed by atoms with Gasteiger partial charge in [-0.2, -0.15) is 0 Å². The highest BCUT2D eigenvalue weighted by Gasteiger charge is 2.45. The van der Waals surface area contributed by atoms with Gasteiger partial charge in [-0.25, -0.2) is 0 Å². The maximum atomic E-state index is 13.0. The molecule has 1 unspecified atom stereocenters. The van der Waals surface area contributed by atoms with Gasteiger partial charge in [0.25, 0.3) is 11.7 Å². The molecule has 8 heteroatoms. The minimum Gasteiger partial charge on any atom is -0.507 e. The van der Waals surface area contributed by atoms with Gasteiger partial charge < -0.3 is 19.6 Å². The van der Waals surface area contributed by atoms with Crippen LogP contribution in [-0.4, -0.2) is 60.9 Å². The van der Waals surface area contributed by atoms with Gasteiger partial charge in [0.2, 0.25) is 0 Å². The van der Waals surface area contributed by atoms with Crippen LogP contribution in [0.2, 0.25) is 10.0 Å². The van der Waals surface area contributed by atoms with Gasteiger partial charge in [-0.3, -0.25) is 9.59 Å². The van der Waals surface area contributed by atoms with Crippen LogP contribution in [0.25, 0.3) is 5.76 Å². The first-order valence-corrected chi connectivity index (χ1v) is 10.5. The first-order valence-electron chi connectivity index (χ1n) is 9.77. The van der Waals surface area contributed by atoms with Crippen molar-refractivity contribution < 1.29 is 19.4 Å². The van der Waals surface area contributed by atoms with E-state index < -0.39 is 17.7 Å². The van der Waals surface area contributed by atoms with E-state index in [4.69, 9.17) is 27.9 Å². The molecule has 0 spiro atoms. The predicted octanol–water partition coefficient (Wildman–Crippen LogP) is 4.38. The van der Waals surface area contributed by atoms with Crippen LogP contribution in [0.3, 0.4) is 0 Å². The first-order chi connectivity index (χ1) is 14.7. The van der Waals surface area contributed by atoms with Gasteiger partial charge in [0.1, 0.15) is 11.5 Å². The molecule has 164 valence electrons. The fourth-order valence-corrected chi connectivity index (χ4v) is 3.91. The lowest BCUT2D eigenvalue weighted by atomic mass is 9.95. The second kappa shape index (κ2) is 9.73. The minimum atomic E-state index is -0.765. The number of methoxy groups -OCH3 is 1. The Morgan fingerprint density at radius 2 is 1.77 bits per heavy atom. The second-order valence-electron chi connectivity index (χ2n) is 7.55. The van der Waals surface area contributed by atoms with Gasteiger partial charge in [0.05, 0.1) is 28.8 Å². The van der Waals surface area contributed by atoms with Crippen molar-refractivity contribution in [3.63, 3.8) is 0 Å². The molecular formula is C23H24Cl2N2O4. The van der Waals surface area contributed by atoms with E-state index in [0.717, 1.165) is 6.54 Å². The largest absolute Gasteiger partial charge is 0.507 e. The third-order valence-corrected chi connectivity index (χ3v) is 5.91. The monoisotopic (exact) mass is 462 g/mol. The van der Waals surface area contributed by atoms with E-state index in [1.54, 1.807) is 49.6 Å². The molecule has 0 bridgehead atoms. The third kappa shape index (κ3) is 4.87. The fraction of sp³-hybridized carbons (Fsp3) is 0.304. The summed E-state index contributed by atoms with van der Waals surface area (Å²) in [6, 6.07) is 10.8. The first kappa shape index (κ1) is 23.1. The average Bonchev–Trinajstić information content (AvgIpc) is 3.00. The topological polar surface area (TPSA) is 70.1 Å². The SMILES string of the molecule is COc1ccc(/C(O)=C2/C(=O)C(=O)N(CCCN(C)C)C2c2ccc(Cl)c(Cl)c2)cc1. The summed E-state index contributed by atoms with van der Waals surface area (Å²) in [6.07, 6.45) is 0.667. The number of amides is 1. The minimum absolute atomic E-state index is 0.0263. The number of likely N-dealkylation sites (tertiary alicyclic amines) is 1. The number of rotatable bonds is 7. The maximum Gasteiger partial charge on any atom is 0.295 e. The fourth-order valence-electron chi connectivity index (χ4n) is 3.60. The average molecular weight is 463 g/mol. The van der Waals surface area contributed by atoms with E-state index in [2.05, 4.69) is 0 Å². The van der Waals surface area contributed by atoms with Crippen LogP contribution < -0.4 is 4.74 Å². The molecular weight excluding hydrogens is 439 g/mol. The van der Waals surface area contributed by atoms with E-state index >= 15 is 0 Å². The second-order valence-corrected chi connectivity index (χ2v) is 8.37. The molecule has 2 aromatic carbocycles. The summed E-state index contributed by atoms with van der Waals surface area (Å²) >= 11 is 12.3. The highest BCUT2D eigenvalue weighted by molar-refractivity contribution is 6.46. The molecule has 1 fully saturated rings. The summed E-state index contributed by atoms with van der Waals surface area (Å²) in [5, 5.41) is 11.7. The molecule has 0 radical (unpaired) electrons. The number of hydrogen-bond acceptors (Lipinski definition) is 5. The number of aliphatic hydroxyl groups is 1. The number of ether oxygens (including phenoxy) is 1. The van der Waals surface area contributed by atoms with Crippen molar-refractivity contribution in [2.45, 2.75) is 12.5 Å². The summed E-state index contributed by atoms with van der Waals surface area (Å²) in [5.41, 5.74) is 1.05. The summed E-state index contributed by atoms with van der Waals surface area (Å²) in [5.74, 6) is -1.01. The van der Waals surface area contributed by atoms with E-state index in [0.29, 0.717) is 39.9 Å². The van der Waals surface area contributed by atoms with Gasteiger partial charge in [0, 0.05) is 12.1 Å². The summed E-state index contributed by atoms with van der Waals surface area (Å²) in [6.45, 7) is 1.10. The van der Waals surface area contributed by atoms with Crippen molar-refractivity contribution >= 4 is 40.7 Å². The molecule has 1 saturated heterocycles. The zero-order valence-electron chi connectivity index (χ0n) is 17.6. The van der Waals surface area contributed by atoms with Crippen LogP contribution in [0.1, 0.15) is 23.6 Å². The summed E-state index contributed by atoms with van der Waals surface area (Å²) in [7, 11) is 5.42. The Morgan fingerprint density at radius 3 is 2.35 bits per heavy atom. The molecule has 31 heavy (non-hydrogen) atoms. The van der Waals surface area contributed by atoms with Crippen molar-refractivity contribution in [2.75, 3.05) is 34.3 Å². The number of halogens is 2. The zero-order chi connectivity index (χ0) is 22.7. The summed E-state index contributed by atoms with van der Waals surface area (Å²) in [4.78, 5) is 29.4. The van der Waals surface area contributed by atoms with Crippen molar-refractivity contribution in [1.82, 2.24) is 9.80 Å². The van der Waals surface area contributed by atoms with E-state index in [1.165, 1.54) is 4.90 Å². The van der Waals surface area contributed by atoms with E-state index in [-0.39, 0.29) is 11.3 Å². The molecule has 6 nitrogen and oxygen atoms in total. The maximum absolute atomic E-state index is 13.0. The number of carbonyl (C=O) groups excluding carboxylic acids is 2. The van der Waals surface area contributed by atoms with E-state index in [9.17, 15) is 14.7 Å². The Morgan fingerprint density at radius 1 is 1.10 bits per heavy atom. The van der Waals surface area contributed by atoms with Crippen molar-refractivity contribution in [1.29, 1.82) is 0 Å². The van der Waals surface area contributed by atoms with Crippen LogP contribution >= 0.6 is 23.2 Å². The number of aliphatic hydroxyl groups excluding tert-OH is 1. The number of carbonyl (C=O) groups is 2. The Hall–Kier alpha value is -2.54. The lowest BCUT2D eigenvalue weighted by Gasteiger charge is -2.26. The summed E-state index contributed by atoms with van der Waals surface area (Å²) < 4.78 is 5.15. The molecule has 0 saturated carbocycles. The normalized spacial score (nSPS) is 18.1. The zero-order valence-corrected chi connectivity index (χ0v) is 19.1. The van der Waals surface area contributed by atoms with Gasteiger partial charge in [-0.05, 0) is 69.0 Å². The molecule has 2 aromatic rings. The van der Waals surface area contributed by atoms with Crippen LogP contribution in [0, 0.1) is 0 Å². The highest BCUT2D eigenvalue weighted by Crippen LogP contribution is 2.41. The number of ketones is 1. The lowest BCUT2D eigenvalue weighted by molar-refractivity contribution is -0.139. The van der Waals surface area contributed by atoms with Gasteiger partial charge in [-0.1, -0.05) is 29.3 Å². The van der Waals surface area contributed by atoms with Crippen LogP contribution in [-0.2, 0) is 9.59 Å². The molecule has 1 aliphatic heterocycles. The van der Waals surface area contributed by atoms with Crippen LogP contribution in [0.15, 0.2) is 48.0 Å². The predicted molar refractivity (Wildman–Crippen MR) is 122 cm³/mol. The Kier molecular flexibility index (Phi) is 7.26.